The smallest absolute Gasteiger partial charge is 0.144 e. The summed E-state index contributed by atoms with van der Waals surface area (Å²) in [6.07, 6.45) is 4.16. The SMILES string of the molecule is CC(C)NCC1CCN(Cc2cccnc2C#N)CC1. The van der Waals surface area contributed by atoms with E-state index in [9.17, 15) is 0 Å². The fourth-order valence-corrected chi connectivity index (χ4v) is 2.66. The molecule has 20 heavy (non-hydrogen) atoms. The van der Waals surface area contributed by atoms with Gasteiger partial charge in [-0.05, 0) is 44.5 Å². The number of piperidine rings is 1. The van der Waals surface area contributed by atoms with Crippen molar-refractivity contribution in [3.63, 3.8) is 0 Å². The molecule has 0 aliphatic carbocycles. The molecule has 0 spiro atoms. The summed E-state index contributed by atoms with van der Waals surface area (Å²) in [5.74, 6) is 0.790. The van der Waals surface area contributed by atoms with E-state index >= 15 is 0 Å². The maximum absolute atomic E-state index is 9.07. The lowest BCUT2D eigenvalue weighted by atomic mass is 9.96. The number of hydrogen-bond donors (Lipinski definition) is 1. The molecule has 0 bridgehead atoms. The average Bonchev–Trinajstić information content (AvgIpc) is 2.47. The summed E-state index contributed by atoms with van der Waals surface area (Å²) in [5, 5.41) is 12.6. The number of hydrogen-bond acceptors (Lipinski definition) is 4. The molecule has 1 aliphatic heterocycles. The van der Waals surface area contributed by atoms with Crippen LogP contribution in [-0.4, -0.2) is 35.6 Å². The third kappa shape index (κ3) is 4.29. The van der Waals surface area contributed by atoms with Crippen LogP contribution in [0.4, 0.5) is 0 Å². The Morgan fingerprint density at radius 1 is 1.45 bits per heavy atom. The monoisotopic (exact) mass is 272 g/mol. The number of rotatable bonds is 5. The molecule has 4 heteroatoms. The molecule has 0 atom stereocenters. The number of nitrogens with one attached hydrogen (secondary N) is 1. The van der Waals surface area contributed by atoms with Crippen molar-refractivity contribution in [2.24, 2.45) is 5.92 Å². The first kappa shape index (κ1) is 15.0. The number of nitriles is 1. The third-order valence-corrected chi connectivity index (χ3v) is 3.91. The highest BCUT2D eigenvalue weighted by Gasteiger charge is 2.20. The van der Waals surface area contributed by atoms with Crippen molar-refractivity contribution in [3.05, 3.63) is 29.6 Å². The molecule has 1 aromatic heterocycles. The molecule has 0 aromatic carbocycles. The lowest BCUT2D eigenvalue weighted by Crippen LogP contribution is -2.38. The molecule has 1 aromatic rings. The van der Waals surface area contributed by atoms with Gasteiger partial charge in [0.05, 0.1) is 0 Å². The zero-order valence-corrected chi connectivity index (χ0v) is 12.5. The van der Waals surface area contributed by atoms with E-state index in [1.54, 1.807) is 6.20 Å². The molecule has 4 nitrogen and oxygen atoms in total. The van der Waals surface area contributed by atoms with Crippen LogP contribution in [0.5, 0.6) is 0 Å². The second-order valence-corrected chi connectivity index (χ2v) is 5.91. The van der Waals surface area contributed by atoms with Gasteiger partial charge in [-0.1, -0.05) is 19.9 Å². The van der Waals surface area contributed by atoms with Gasteiger partial charge in [0.25, 0.3) is 0 Å². The second-order valence-electron chi connectivity index (χ2n) is 5.91. The van der Waals surface area contributed by atoms with Gasteiger partial charge in [-0.2, -0.15) is 5.26 Å². The second kappa shape index (κ2) is 7.37. The molecular weight excluding hydrogens is 248 g/mol. The van der Waals surface area contributed by atoms with Gasteiger partial charge in [0.1, 0.15) is 11.8 Å². The summed E-state index contributed by atoms with van der Waals surface area (Å²) in [7, 11) is 0. The van der Waals surface area contributed by atoms with Crippen molar-refractivity contribution < 1.29 is 0 Å². The van der Waals surface area contributed by atoms with Crippen molar-refractivity contribution in [1.82, 2.24) is 15.2 Å². The Labute approximate surface area is 121 Å². The lowest BCUT2D eigenvalue weighted by Gasteiger charge is -2.32. The van der Waals surface area contributed by atoms with E-state index in [4.69, 9.17) is 5.26 Å². The van der Waals surface area contributed by atoms with Crippen LogP contribution in [0.25, 0.3) is 0 Å². The highest BCUT2D eigenvalue weighted by Crippen LogP contribution is 2.19. The van der Waals surface area contributed by atoms with E-state index in [2.05, 4.69) is 35.1 Å². The van der Waals surface area contributed by atoms with E-state index in [0.717, 1.165) is 37.7 Å². The Hall–Kier alpha value is -1.44. The van der Waals surface area contributed by atoms with Gasteiger partial charge in [-0.25, -0.2) is 4.98 Å². The maximum atomic E-state index is 9.07. The summed E-state index contributed by atoms with van der Waals surface area (Å²) in [4.78, 5) is 6.56. The van der Waals surface area contributed by atoms with E-state index < -0.39 is 0 Å². The van der Waals surface area contributed by atoms with Crippen molar-refractivity contribution >= 4 is 0 Å². The Morgan fingerprint density at radius 3 is 2.85 bits per heavy atom. The lowest BCUT2D eigenvalue weighted by molar-refractivity contribution is 0.174. The first-order valence-corrected chi connectivity index (χ1v) is 7.48. The summed E-state index contributed by atoms with van der Waals surface area (Å²) >= 11 is 0. The molecule has 1 fully saturated rings. The van der Waals surface area contributed by atoms with Crippen LogP contribution in [0.15, 0.2) is 18.3 Å². The number of pyridine rings is 1. The normalized spacial score (nSPS) is 17.3. The highest BCUT2D eigenvalue weighted by molar-refractivity contribution is 5.30. The first-order chi connectivity index (χ1) is 9.69. The topological polar surface area (TPSA) is 52.0 Å². The van der Waals surface area contributed by atoms with E-state index in [0.29, 0.717) is 11.7 Å². The molecule has 1 saturated heterocycles. The summed E-state index contributed by atoms with van der Waals surface area (Å²) in [6.45, 7) is 8.60. The Balaban J connectivity index is 1.81. The average molecular weight is 272 g/mol. The standard InChI is InChI=1S/C16H24N4/c1-13(2)19-11-14-5-8-20(9-6-14)12-15-4-3-7-18-16(15)10-17/h3-4,7,13-14,19H,5-6,8-9,11-12H2,1-2H3. The summed E-state index contributed by atoms with van der Waals surface area (Å²) in [5.41, 5.74) is 1.62. The van der Waals surface area contributed by atoms with Gasteiger partial charge < -0.3 is 5.32 Å². The van der Waals surface area contributed by atoms with Crippen LogP contribution >= 0.6 is 0 Å². The van der Waals surface area contributed by atoms with Gasteiger partial charge in [-0.15, -0.1) is 0 Å². The summed E-state index contributed by atoms with van der Waals surface area (Å²) in [6, 6.07) is 6.67. The van der Waals surface area contributed by atoms with Gasteiger partial charge in [-0.3, -0.25) is 4.90 Å². The molecule has 0 amide bonds. The van der Waals surface area contributed by atoms with Crippen molar-refractivity contribution in [2.45, 2.75) is 39.3 Å². The van der Waals surface area contributed by atoms with Crippen LogP contribution in [-0.2, 0) is 6.54 Å². The van der Waals surface area contributed by atoms with Crippen LogP contribution in [0.3, 0.4) is 0 Å². The third-order valence-electron chi connectivity index (χ3n) is 3.91. The summed E-state index contributed by atoms with van der Waals surface area (Å²) < 4.78 is 0. The Morgan fingerprint density at radius 2 is 2.20 bits per heavy atom. The molecule has 0 radical (unpaired) electrons. The Kier molecular flexibility index (Phi) is 5.51. The zero-order chi connectivity index (χ0) is 14.4. The Bertz CT molecular complexity index is 456. The maximum Gasteiger partial charge on any atom is 0.144 e. The molecule has 0 unspecified atom stereocenters. The van der Waals surface area contributed by atoms with E-state index in [1.165, 1.54) is 12.8 Å². The molecule has 1 N–H and O–H groups in total. The van der Waals surface area contributed by atoms with Crippen LogP contribution < -0.4 is 5.32 Å². The fourth-order valence-electron chi connectivity index (χ4n) is 2.66. The minimum Gasteiger partial charge on any atom is -0.314 e. The first-order valence-electron chi connectivity index (χ1n) is 7.48. The molecular formula is C16H24N4. The molecule has 2 heterocycles. The number of aromatic nitrogens is 1. The van der Waals surface area contributed by atoms with Crippen LogP contribution in [0, 0.1) is 17.2 Å². The van der Waals surface area contributed by atoms with Gasteiger partial charge >= 0.3 is 0 Å². The minimum atomic E-state index is 0.566. The van der Waals surface area contributed by atoms with Crippen LogP contribution in [0.2, 0.25) is 0 Å². The molecule has 2 rings (SSSR count). The van der Waals surface area contributed by atoms with Crippen molar-refractivity contribution in [1.29, 1.82) is 5.26 Å². The molecule has 1 aliphatic rings. The number of nitrogens with zero attached hydrogens (tertiary/aromatic N) is 3. The van der Waals surface area contributed by atoms with Gasteiger partial charge in [0.2, 0.25) is 0 Å². The van der Waals surface area contributed by atoms with E-state index in [-0.39, 0.29) is 0 Å². The predicted molar refractivity (Wildman–Crippen MR) is 80.1 cm³/mol. The zero-order valence-electron chi connectivity index (χ0n) is 12.5. The molecule has 0 saturated carbocycles. The van der Waals surface area contributed by atoms with Crippen LogP contribution in [0.1, 0.15) is 37.9 Å². The minimum absolute atomic E-state index is 0.566. The largest absolute Gasteiger partial charge is 0.314 e. The van der Waals surface area contributed by atoms with Crippen molar-refractivity contribution in [3.8, 4) is 6.07 Å². The predicted octanol–water partition coefficient (Wildman–Crippen LogP) is 2.16. The van der Waals surface area contributed by atoms with Gasteiger partial charge in [0, 0.05) is 24.3 Å². The quantitative estimate of drug-likeness (QED) is 0.892. The fraction of sp³-hybridized carbons (Fsp3) is 0.625. The van der Waals surface area contributed by atoms with Gasteiger partial charge in [0.15, 0.2) is 0 Å². The molecule has 108 valence electrons. The van der Waals surface area contributed by atoms with E-state index in [1.807, 2.05) is 12.1 Å². The highest BCUT2D eigenvalue weighted by atomic mass is 15.1. The van der Waals surface area contributed by atoms with Crippen molar-refractivity contribution in [2.75, 3.05) is 19.6 Å². The number of likely N-dealkylation sites (tertiary alicyclic amines) is 1.